The van der Waals surface area contributed by atoms with Gasteiger partial charge in [0.15, 0.2) is 0 Å². The molecule has 1 saturated carbocycles. The van der Waals surface area contributed by atoms with Gasteiger partial charge >= 0.3 is 0 Å². The third-order valence-corrected chi connectivity index (χ3v) is 2.55. The van der Waals surface area contributed by atoms with E-state index in [4.69, 9.17) is 11.0 Å². The van der Waals surface area contributed by atoms with Crippen molar-refractivity contribution in [1.29, 1.82) is 5.26 Å². The van der Waals surface area contributed by atoms with Crippen LogP contribution >= 0.6 is 0 Å². The number of nitrogens with two attached hydrogens (primary N) is 1. The summed E-state index contributed by atoms with van der Waals surface area (Å²) in [6, 6.07) is 2.67. The van der Waals surface area contributed by atoms with Gasteiger partial charge in [-0.15, -0.1) is 0 Å². The Morgan fingerprint density at radius 3 is 2.75 bits per heavy atom. The average Bonchev–Trinajstić information content (AvgIpc) is 2.86. The van der Waals surface area contributed by atoms with E-state index < -0.39 is 0 Å². The number of rotatable bonds is 5. The summed E-state index contributed by atoms with van der Waals surface area (Å²) in [7, 11) is 2.06. The topological polar surface area (TPSA) is 53.0 Å². The van der Waals surface area contributed by atoms with Crippen molar-refractivity contribution < 1.29 is 0 Å². The molecule has 0 heterocycles. The third kappa shape index (κ3) is 2.47. The largest absolute Gasteiger partial charge is 0.329 e. The second kappa shape index (κ2) is 4.44. The van der Waals surface area contributed by atoms with Crippen molar-refractivity contribution in [3.63, 3.8) is 0 Å². The normalized spacial score (nSPS) is 19.2. The van der Waals surface area contributed by atoms with E-state index in [0.29, 0.717) is 12.5 Å². The fourth-order valence-electron chi connectivity index (χ4n) is 1.61. The van der Waals surface area contributed by atoms with Crippen LogP contribution in [0.3, 0.4) is 0 Å². The lowest BCUT2D eigenvalue weighted by molar-refractivity contribution is 0.228. The van der Waals surface area contributed by atoms with Crippen LogP contribution in [0, 0.1) is 17.2 Å². The Labute approximate surface area is 74.1 Å². The number of nitriles is 1. The van der Waals surface area contributed by atoms with Crippen molar-refractivity contribution in [2.45, 2.75) is 25.3 Å². The highest BCUT2D eigenvalue weighted by Gasteiger charge is 2.32. The summed E-state index contributed by atoms with van der Waals surface area (Å²) in [5.41, 5.74) is 5.66. The molecule has 1 aliphatic carbocycles. The van der Waals surface area contributed by atoms with Crippen molar-refractivity contribution in [1.82, 2.24) is 4.90 Å². The standard InChI is InChI=1S/C9H17N3/c1-12(6-2-5-10)9(7-11)8-3-4-8/h8-9H,2-4,6-7,11H2,1H3. The van der Waals surface area contributed by atoms with Crippen molar-refractivity contribution >= 4 is 0 Å². The highest BCUT2D eigenvalue weighted by Crippen LogP contribution is 2.34. The molecule has 68 valence electrons. The van der Waals surface area contributed by atoms with Gasteiger partial charge in [0.2, 0.25) is 0 Å². The lowest BCUT2D eigenvalue weighted by atomic mass is 10.1. The summed E-state index contributed by atoms with van der Waals surface area (Å²) in [5.74, 6) is 0.804. The third-order valence-electron chi connectivity index (χ3n) is 2.55. The fraction of sp³-hybridized carbons (Fsp3) is 0.889. The van der Waals surface area contributed by atoms with Gasteiger partial charge in [0.1, 0.15) is 0 Å². The molecule has 0 aromatic carbocycles. The number of hydrogen-bond acceptors (Lipinski definition) is 3. The summed E-state index contributed by atoms with van der Waals surface area (Å²) < 4.78 is 0. The molecule has 0 radical (unpaired) electrons. The molecule has 0 aliphatic heterocycles. The first-order chi connectivity index (χ1) is 5.79. The second-order valence-electron chi connectivity index (χ2n) is 3.53. The maximum absolute atomic E-state index is 8.42. The van der Waals surface area contributed by atoms with Gasteiger partial charge in [-0.2, -0.15) is 5.26 Å². The minimum Gasteiger partial charge on any atom is -0.329 e. The van der Waals surface area contributed by atoms with E-state index in [1.807, 2.05) is 0 Å². The molecule has 0 spiro atoms. The minimum absolute atomic E-state index is 0.512. The highest BCUT2D eigenvalue weighted by molar-refractivity contribution is 4.88. The lowest BCUT2D eigenvalue weighted by Gasteiger charge is -2.25. The zero-order valence-electron chi connectivity index (χ0n) is 7.66. The molecule has 12 heavy (non-hydrogen) atoms. The Hall–Kier alpha value is -0.590. The van der Waals surface area contributed by atoms with Crippen LogP contribution in [0.25, 0.3) is 0 Å². The highest BCUT2D eigenvalue weighted by atomic mass is 15.1. The Kier molecular flexibility index (Phi) is 3.51. The van der Waals surface area contributed by atoms with Crippen LogP contribution in [0.1, 0.15) is 19.3 Å². The fourth-order valence-corrected chi connectivity index (χ4v) is 1.61. The summed E-state index contributed by atoms with van der Waals surface area (Å²) in [5, 5.41) is 8.42. The summed E-state index contributed by atoms with van der Waals surface area (Å²) in [6.07, 6.45) is 3.25. The molecular weight excluding hydrogens is 150 g/mol. The Balaban J connectivity index is 2.27. The molecule has 1 fully saturated rings. The molecule has 0 aromatic heterocycles. The monoisotopic (exact) mass is 167 g/mol. The Morgan fingerprint density at radius 1 is 1.67 bits per heavy atom. The van der Waals surface area contributed by atoms with Crippen LogP contribution in [0.15, 0.2) is 0 Å². The first-order valence-corrected chi connectivity index (χ1v) is 4.57. The molecule has 1 unspecified atom stereocenters. The van der Waals surface area contributed by atoms with E-state index in [1.54, 1.807) is 0 Å². The van der Waals surface area contributed by atoms with Gasteiger partial charge in [-0.25, -0.2) is 0 Å². The van der Waals surface area contributed by atoms with E-state index in [-0.39, 0.29) is 0 Å². The molecule has 0 bridgehead atoms. The summed E-state index contributed by atoms with van der Waals surface area (Å²) in [4.78, 5) is 2.22. The zero-order valence-corrected chi connectivity index (χ0v) is 7.66. The lowest BCUT2D eigenvalue weighted by Crippen LogP contribution is -2.39. The quantitative estimate of drug-likeness (QED) is 0.651. The van der Waals surface area contributed by atoms with Gasteiger partial charge in [0.05, 0.1) is 6.07 Å². The van der Waals surface area contributed by atoms with Crippen molar-refractivity contribution in [2.75, 3.05) is 20.1 Å². The van der Waals surface area contributed by atoms with Crippen LogP contribution in [0.2, 0.25) is 0 Å². The van der Waals surface area contributed by atoms with Crippen LogP contribution < -0.4 is 5.73 Å². The van der Waals surface area contributed by atoms with Gasteiger partial charge in [-0.05, 0) is 25.8 Å². The van der Waals surface area contributed by atoms with Crippen molar-refractivity contribution in [2.24, 2.45) is 11.7 Å². The summed E-state index contributed by atoms with van der Waals surface area (Å²) >= 11 is 0. The molecular formula is C9H17N3. The molecule has 2 N–H and O–H groups in total. The first-order valence-electron chi connectivity index (χ1n) is 4.57. The maximum Gasteiger partial charge on any atom is 0.0635 e. The Bertz CT molecular complexity index is 169. The molecule has 1 rings (SSSR count). The van der Waals surface area contributed by atoms with Crippen molar-refractivity contribution in [3.05, 3.63) is 0 Å². The van der Waals surface area contributed by atoms with Crippen LogP contribution in [0.4, 0.5) is 0 Å². The van der Waals surface area contributed by atoms with E-state index in [1.165, 1.54) is 12.8 Å². The average molecular weight is 167 g/mol. The molecule has 3 heteroatoms. The zero-order chi connectivity index (χ0) is 8.97. The second-order valence-corrected chi connectivity index (χ2v) is 3.53. The van der Waals surface area contributed by atoms with Gasteiger partial charge < -0.3 is 10.6 Å². The van der Waals surface area contributed by atoms with E-state index in [9.17, 15) is 0 Å². The van der Waals surface area contributed by atoms with E-state index in [0.717, 1.165) is 19.0 Å². The van der Waals surface area contributed by atoms with E-state index in [2.05, 4.69) is 18.0 Å². The maximum atomic E-state index is 8.42. The van der Waals surface area contributed by atoms with Crippen LogP contribution in [0.5, 0.6) is 0 Å². The minimum atomic E-state index is 0.512. The molecule has 0 aromatic rings. The van der Waals surface area contributed by atoms with Gasteiger partial charge in [-0.3, -0.25) is 0 Å². The number of hydrogen-bond donors (Lipinski definition) is 1. The SMILES string of the molecule is CN(CCC#N)C(CN)C1CC1. The van der Waals surface area contributed by atoms with Gasteiger partial charge in [-0.1, -0.05) is 0 Å². The molecule has 1 atom stereocenters. The molecule has 3 nitrogen and oxygen atoms in total. The smallest absolute Gasteiger partial charge is 0.0635 e. The number of nitrogens with zero attached hydrogens (tertiary/aromatic N) is 2. The summed E-state index contributed by atoms with van der Waals surface area (Å²) in [6.45, 7) is 1.58. The number of likely N-dealkylation sites (N-methyl/N-ethyl adjacent to an activating group) is 1. The van der Waals surface area contributed by atoms with Gasteiger partial charge in [0.25, 0.3) is 0 Å². The van der Waals surface area contributed by atoms with E-state index >= 15 is 0 Å². The van der Waals surface area contributed by atoms with Crippen LogP contribution in [-0.4, -0.2) is 31.1 Å². The van der Waals surface area contributed by atoms with Crippen molar-refractivity contribution in [3.8, 4) is 6.07 Å². The van der Waals surface area contributed by atoms with Crippen LogP contribution in [-0.2, 0) is 0 Å². The Morgan fingerprint density at radius 2 is 2.33 bits per heavy atom. The molecule has 0 amide bonds. The predicted octanol–water partition coefficient (Wildman–Crippen LogP) is 0.569. The first kappa shape index (κ1) is 9.50. The molecule has 1 aliphatic rings. The van der Waals surface area contributed by atoms with Gasteiger partial charge in [0, 0.05) is 25.6 Å². The predicted molar refractivity (Wildman–Crippen MR) is 48.4 cm³/mol. The molecule has 0 saturated heterocycles.